The Morgan fingerprint density at radius 2 is 1.92 bits per heavy atom. The predicted octanol–water partition coefficient (Wildman–Crippen LogP) is 2.31. The van der Waals surface area contributed by atoms with Crippen LogP contribution < -0.4 is 16.0 Å². The number of halogens is 1. The standard InChI is InChI=1S/C18H26N6O.HI/c1-14-12-15(2)24(23-14)11-7-10-20-18(19-3)21-13-17(25)22-16-8-5-4-6-9-16;/h4-6,8-9,12H,7,10-11,13H2,1-3H3,(H,22,25)(H2,19,20,21);1H. The fourth-order valence-corrected chi connectivity index (χ4v) is 2.45. The monoisotopic (exact) mass is 470 g/mol. The van der Waals surface area contributed by atoms with Crippen molar-refractivity contribution in [2.24, 2.45) is 4.99 Å². The number of aryl methyl sites for hydroxylation is 3. The number of rotatable bonds is 7. The highest BCUT2D eigenvalue weighted by atomic mass is 127. The number of benzene rings is 1. The minimum atomic E-state index is -0.114. The number of nitrogens with zero attached hydrogens (tertiary/aromatic N) is 3. The highest BCUT2D eigenvalue weighted by Gasteiger charge is 2.04. The van der Waals surface area contributed by atoms with Gasteiger partial charge in [-0.15, -0.1) is 24.0 Å². The number of hydrogen-bond acceptors (Lipinski definition) is 3. The third kappa shape index (κ3) is 7.42. The number of amides is 1. The summed E-state index contributed by atoms with van der Waals surface area (Å²) >= 11 is 0. The van der Waals surface area contributed by atoms with Gasteiger partial charge in [-0.1, -0.05) is 18.2 Å². The summed E-state index contributed by atoms with van der Waals surface area (Å²) in [5.74, 6) is 0.494. The van der Waals surface area contributed by atoms with Gasteiger partial charge in [0, 0.05) is 31.5 Å². The van der Waals surface area contributed by atoms with Crippen molar-refractivity contribution >= 4 is 41.5 Å². The molecular formula is C18H27IN6O. The van der Waals surface area contributed by atoms with Gasteiger partial charge in [0.25, 0.3) is 0 Å². The molecule has 0 aliphatic heterocycles. The van der Waals surface area contributed by atoms with Gasteiger partial charge >= 0.3 is 0 Å². The number of hydrogen-bond donors (Lipinski definition) is 3. The smallest absolute Gasteiger partial charge is 0.243 e. The number of guanidine groups is 1. The number of carbonyl (C=O) groups is 1. The van der Waals surface area contributed by atoms with Crippen LogP contribution in [-0.4, -0.2) is 41.8 Å². The average molecular weight is 470 g/mol. The SMILES string of the molecule is CN=C(NCCCn1nc(C)cc1C)NCC(=O)Nc1ccccc1.I. The van der Waals surface area contributed by atoms with E-state index in [-0.39, 0.29) is 36.4 Å². The van der Waals surface area contributed by atoms with Crippen LogP contribution in [0.4, 0.5) is 5.69 Å². The molecule has 0 aliphatic carbocycles. The fraction of sp³-hybridized carbons (Fsp3) is 0.389. The van der Waals surface area contributed by atoms with Crippen molar-refractivity contribution in [3.8, 4) is 0 Å². The normalized spacial score (nSPS) is 10.8. The topological polar surface area (TPSA) is 83.3 Å². The number of carbonyl (C=O) groups excluding carboxylic acids is 1. The number of para-hydroxylation sites is 1. The summed E-state index contributed by atoms with van der Waals surface area (Å²) < 4.78 is 2.00. The summed E-state index contributed by atoms with van der Waals surface area (Å²) in [5.41, 5.74) is 2.98. The first-order valence-electron chi connectivity index (χ1n) is 8.39. The fourth-order valence-electron chi connectivity index (χ4n) is 2.45. The molecule has 1 aromatic carbocycles. The van der Waals surface area contributed by atoms with Crippen LogP contribution in [0.5, 0.6) is 0 Å². The minimum Gasteiger partial charge on any atom is -0.356 e. The van der Waals surface area contributed by atoms with Crippen molar-refractivity contribution < 1.29 is 4.79 Å². The largest absolute Gasteiger partial charge is 0.356 e. The number of aliphatic imine (C=N–C) groups is 1. The van der Waals surface area contributed by atoms with Crippen LogP contribution >= 0.6 is 24.0 Å². The molecule has 1 aromatic heterocycles. The molecule has 0 bridgehead atoms. The zero-order valence-corrected chi connectivity index (χ0v) is 17.8. The van der Waals surface area contributed by atoms with Crippen LogP contribution in [0.1, 0.15) is 17.8 Å². The van der Waals surface area contributed by atoms with Crippen molar-refractivity contribution in [2.75, 3.05) is 25.5 Å². The maximum Gasteiger partial charge on any atom is 0.243 e. The highest BCUT2D eigenvalue weighted by molar-refractivity contribution is 14.0. The lowest BCUT2D eigenvalue weighted by Gasteiger charge is -2.12. The van der Waals surface area contributed by atoms with Crippen molar-refractivity contribution in [1.82, 2.24) is 20.4 Å². The predicted molar refractivity (Wildman–Crippen MR) is 116 cm³/mol. The molecule has 0 atom stereocenters. The summed E-state index contributed by atoms with van der Waals surface area (Å²) in [5, 5.41) is 13.5. The van der Waals surface area contributed by atoms with Gasteiger partial charge in [0.05, 0.1) is 12.2 Å². The molecule has 1 amide bonds. The van der Waals surface area contributed by atoms with E-state index in [1.807, 2.05) is 41.9 Å². The van der Waals surface area contributed by atoms with Crippen molar-refractivity contribution in [3.05, 3.63) is 47.8 Å². The van der Waals surface area contributed by atoms with E-state index in [0.29, 0.717) is 5.96 Å². The lowest BCUT2D eigenvalue weighted by molar-refractivity contribution is -0.115. The van der Waals surface area contributed by atoms with Crippen molar-refractivity contribution in [3.63, 3.8) is 0 Å². The molecule has 0 saturated heterocycles. The Kier molecular flexibility index (Phi) is 9.71. The number of aromatic nitrogens is 2. The Hall–Kier alpha value is -2.10. The van der Waals surface area contributed by atoms with Crippen molar-refractivity contribution in [1.29, 1.82) is 0 Å². The number of nitrogens with one attached hydrogen (secondary N) is 3. The summed E-state index contributed by atoms with van der Waals surface area (Å²) in [4.78, 5) is 16.0. The zero-order valence-electron chi connectivity index (χ0n) is 15.5. The zero-order chi connectivity index (χ0) is 18.1. The maximum absolute atomic E-state index is 11.9. The number of anilines is 1. The molecule has 0 radical (unpaired) electrons. The molecule has 0 spiro atoms. The average Bonchev–Trinajstić information content (AvgIpc) is 2.92. The first-order chi connectivity index (χ1) is 12.1. The van der Waals surface area contributed by atoms with Crippen LogP contribution in [0.2, 0.25) is 0 Å². The summed E-state index contributed by atoms with van der Waals surface area (Å²) in [6.45, 7) is 5.80. The third-order valence-corrected chi connectivity index (χ3v) is 3.64. The van der Waals surface area contributed by atoms with E-state index in [1.54, 1.807) is 7.05 Å². The van der Waals surface area contributed by atoms with E-state index in [9.17, 15) is 4.79 Å². The molecule has 2 rings (SSSR count). The Morgan fingerprint density at radius 1 is 1.19 bits per heavy atom. The van der Waals surface area contributed by atoms with E-state index in [1.165, 1.54) is 0 Å². The lowest BCUT2D eigenvalue weighted by Crippen LogP contribution is -2.41. The van der Waals surface area contributed by atoms with E-state index in [0.717, 1.165) is 36.6 Å². The van der Waals surface area contributed by atoms with Crippen LogP contribution in [0, 0.1) is 13.8 Å². The molecule has 8 heteroatoms. The van der Waals surface area contributed by atoms with Gasteiger partial charge in [0.2, 0.25) is 5.91 Å². The lowest BCUT2D eigenvalue weighted by atomic mass is 10.3. The second-order valence-electron chi connectivity index (χ2n) is 5.77. The first-order valence-corrected chi connectivity index (χ1v) is 8.39. The molecule has 0 fully saturated rings. The molecule has 26 heavy (non-hydrogen) atoms. The van der Waals surface area contributed by atoms with Crippen LogP contribution in [0.3, 0.4) is 0 Å². The highest BCUT2D eigenvalue weighted by Crippen LogP contribution is 2.04. The van der Waals surface area contributed by atoms with Gasteiger partial charge in [0.1, 0.15) is 0 Å². The summed E-state index contributed by atoms with van der Waals surface area (Å²) in [6, 6.07) is 11.4. The molecule has 0 saturated carbocycles. The molecule has 3 N–H and O–H groups in total. The van der Waals surface area contributed by atoms with Gasteiger partial charge in [-0.2, -0.15) is 5.10 Å². The second kappa shape index (κ2) is 11.5. The van der Waals surface area contributed by atoms with Gasteiger partial charge < -0.3 is 16.0 Å². The van der Waals surface area contributed by atoms with Crippen LogP contribution in [-0.2, 0) is 11.3 Å². The molecule has 0 aliphatic rings. The summed E-state index contributed by atoms with van der Waals surface area (Å²) in [7, 11) is 1.69. The molecule has 7 nitrogen and oxygen atoms in total. The van der Waals surface area contributed by atoms with Crippen molar-refractivity contribution in [2.45, 2.75) is 26.8 Å². The van der Waals surface area contributed by atoms with Crippen LogP contribution in [0.15, 0.2) is 41.4 Å². The van der Waals surface area contributed by atoms with Gasteiger partial charge in [-0.3, -0.25) is 14.5 Å². The van der Waals surface area contributed by atoms with E-state index >= 15 is 0 Å². The Bertz CT molecular complexity index is 714. The minimum absolute atomic E-state index is 0. The Labute approximate surface area is 171 Å². The maximum atomic E-state index is 11.9. The Balaban J connectivity index is 0.00000338. The quantitative estimate of drug-likeness (QED) is 0.251. The molecule has 0 unspecified atom stereocenters. The van der Waals surface area contributed by atoms with Gasteiger partial charge in [-0.05, 0) is 38.5 Å². The first kappa shape index (κ1) is 21.9. The Morgan fingerprint density at radius 3 is 2.54 bits per heavy atom. The third-order valence-electron chi connectivity index (χ3n) is 3.64. The molecule has 2 aromatic rings. The second-order valence-corrected chi connectivity index (χ2v) is 5.77. The molecular weight excluding hydrogens is 443 g/mol. The summed E-state index contributed by atoms with van der Waals surface area (Å²) in [6.07, 6.45) is 0.916. The van der Waals surface area contributed by atoms with Crippen LogP contribution in [0.25, 0.3) is 0 Å². The van der Waals surface area contributed by atoms with Gasteiger partial charge in [-0.25, -0.2) is 0 Å². The van der Waals surface area contributed by atoms with E-state index in [2.05, 4.69) is 39.0 Å². The van der Waals surface area contributed by atoms with E-state index < -0.39 is 0 Å². The van der Waals surface area contributed by atoms with E-state index in [4.69, 9.17) is 0 Å². The molecule has 142 valence electrons. The van der Waals surface area contributed by atoms with Gasteiger partial charge in [0.15, 0.2) is 5.96 Å². The molecule has 1 heterocycles.